The molecule has 0 aliphatic heterocycles. The Labute approximate surface area is 155 Å². The predicted octanol–water partition coefficient (Wildman–Crippen LogP) is 5.03. The van der Waals surface area contributed by atoms with E-state index in [1.165, 1.54) is 11.8 Å². The van der Waals surface area contributed by atoms with Gasteiger partial charge in [0.1, 0.15) is 0 Å². The smallest absolute Gasteiger partial charge is 0.226 e. The van der Waals surface area contributed by atoms with Gasteiger partial charge in [-0.25, -0.2) is 0 Å². The van der Waals surface area contributed by atoms with Gasteiger partial charge in [-0.2, -0.15) is 0 Å². The summed E-state index contributed by atoms with van der Waals surface area (Å²) in [4.78, 5) is 25.4. The molecule has 0 saturated heterocycles. The van der Waals surface area contributed by atoms with Crippen molar-refractivity contribution in [3.8, 4) is 0 Å². The summed E-state index contributed by atoms with van der Waals surface area (Å²) in [5, 5.41) is 3.90. The molecule has 0 spiro atoms. The van der Waals surface area contributed by atoms with Crippen LogP contribution in [0.4, 0.5) is 11.4 Å². The number of benzene rings is 2. The molecule has 0 saturated carbocycles. The SMILES string of the molecule is CC(=O)N(CCC(=O)Nc1cccc(Cl)c1)c1cccc(Cl)c1Cl. The molecule has 0 aromatic heterocycles. The van der Waals surface area contributed by atoms with Crippen LogP contribution in [-0.2, 0) is 9.59 Å². The first-order valence-corrected chi connectivity index (χ1v) is 8.29. The molecule has 0 radical (unpaired) electrons. The van der Waals surface area contributed by atoms with E-state index in [2.05, 4.69) is 5.32 Å². The van der Waals surface area contributed by atoms with E-state index in [0.29, 0.717) is 21.4 Å². The summed E-state index contributed by atoms with van der Waals surface area (Å²) in [7, 11) is 0. The Morgan fingerprint density at radius 2 is 1.79 bits per heavy atom. The Kier molecular flexibility index (Phi) is 6.49. The molecular formula is C17H15Cl3N2O2. The highest BCUT2D eigenvalue weighted by atomic mass is 35.5. The molecule has 2 rings (SSSR count). The quantitative estimate of drug-likeness (QED) is 0.785. The molecule has 0 bridgehead atoms. The third-order valence-electron chi connectivity index (χ3n) is 3.27. The van der Waals surface area contributed by atoms with Gasteiger partial charge < -0.3 is 10.2 Å². The molecule has 24 heavy (non-hydrogen) atoms. The number of nitrogens with one attached hydrogen (secondary N) is 1. The number of nitrogens with zero attached hydrogens (tertiary/aromatic N) is 1. The Morgan fingerprint density at radius 3 is 2.46 bits per heavy atom. The monoisotopic (exact) mass is 384 g/mol. The molecule has 0 heterocycles. The van der Waals surface area contributed by atoms with E-state index in [1.807, 2.05) is 0 Å². The van der Waals surface area contributed by atoms with Crippen LogP contribution >= 0.6 is 34.8 Å². The van der Waals surface area contributed by atoms with Crippen LogP contribution in [0.5, 0.6) is 0 Å². The molecule has 0 aliphatic rings. The van der Waals surface area contributed by atoms with Gasteiger partial charge in [0, 0.05) is 30.6 Å². The summed E-state index contributed by atoms with van der Waals surface area (Å²) in [5.74, 6) is -0.462. The molecule has 126 valence electrons. The Balaban J connectivity index is 2.05. The van der Waals surface area contributed by atoms with E-state index >= 15 is 0 Å². The highest BCUT2D eigenvalue weighted by molar-refractivity contribution is 6.44. The summed E-state index contributed by atoms with van der Waals surface area (Å²) in [5.41, 5.74) is 1.08. The lowest BCUT2D eigenvalue weighted by atomic mass is 10.2. The predicted molar refractivity (Wildman–Crippen MR) is 99.2 cm³/mol. The van der Waals surface area contributed by atoms with Gasteiger partial charge in [-0.3, -0.25) is 9.59 Å². The van der Waals surface area contributed by atoms with Crippen molar-refractivity contribution in [3.05, 3.63) is 57.5 Å². The van der Waals surface area contributed by atoms with Gasteiger partial charge in [-0.1, -0.05) is 46.9 Å². The van der Waals surface area contributed by atoms with Gasteiger partial charge in [-0.05, 0) is 30.3 Å². The standard InChI is InChI=1S/C17H15Cl3N2O2/c1-11(23)22(15-7-3-6-14(19)17(15)20)9-8-16(24)21-13-5-2-4-12(18)10-13/h2-7,10H,8-9H2,1H3,(H,21,24). The summed E-state index contributed by atoms with van der Waals surface area (Å²) in [6.45, 7) is 1.59. The number of carbonyl (C=O) groups is 2. The summed E-state index contributed by atoms with van der Waals surface area (Å²) in [6, 6.07) is 11.9. The Morgan fingerprint density at radius 1 is 1.08 bits per heavy atom. The van der Waals surface area contributed by atoms with Crippen LogP contribution in [0.15, 0.2) is 42.5 Å². The van der Waals surface area contributed by atoms with Crippen LogP contribution in [0.25, 0.3) is 0 Å². The Hall–Kier alpha value is -1.75. The largest absolute Gasteiger partial charge is 0.326 e. The molecule has 7 heteroatoms. The second-order valence-corrected chi connectivity index (χ2v) is 6.27. The maximum Gasteiger partial charge on any atom is 0.226 e. The van der Waals surface area contributed by atoms with Crippen molar-refractivity contribution in [2.75, 3.05) is 16.8 Å². The van der Waals surface area contributed by atoms with Crippen LogP contribution < -0.4 is 10.2 Å². The number of amides is 2. The zero-order valence-electron chi connectivity index (χ0n) is 12.9. The number of hydrogen-bond acceptors (Lipinski definition) is 2. The van der Waals surface area contributed by atoms with Crippen LogP contribution in [0.1, 0.15) is 13.3 Å². The minimum Gasteiger partial charge on any atom is -0.326 e. The molecule has 2 aromatic rings. The minimum absolute atomic E-state index is 0.106. The van der Waals surface area contributed by atoms with Gasteiger partial charge in [0.25, 0.3) is 0 Å². The van der Waals surface area contributed by atoms with E-state index in [4.69, 9.17) is 34.8 Å². The average Bonchev–Trinajstić information content (AvgIpc) is 2.51. The van der Waals surface area contributed by atoms with E-state index < -0.39 is 0 Å². The third kappa shape index (κ3) is 4.87. The maximum atomic E-state index is 12.1. The molecule has 0 aliphatic carbocycles. The number of halogens is 3. The minimum atomic E-state index is -0.235. The normalized spacial score (nSPS) is 10.3. The van der Waals surface area contributed by atoms with Crippen molar-refractivity contribution in [3.63, 3.8) is 0 Å². The summed E-state index contributed by atoms with van der Waals surface area (Å²) in [6.07, 6.45) is 0.106. The van der Waals surface area contributed by atoms with Crippen LogP contribution in [0.2, 0.25) is 15.1 Å². The maximum absolute atomic E-state index is 12.1. The topological polar surface area (TPSA) is 49.4 Å². The van der Waals surface area contributed by atoms with Crippen LogP contribution in [-0.4, -0.2) is 18.4 Å². The first kappa shape index (κ1) is 18.6. The zero-order valence-corrected chi connectivity index (χ0v) is 15.1. The second-order valence-electron chi connectivity index (χ2n) is 5.05. The molecular weight excluding hydrogens is 371 g/mol. The molecule has 0 unspecified atom stereocenters. The zero-order chi connectivity index (χ0) is 17.7. The average molecular weight is 386 g/mol. The van der Waals surface area contributed by atoms with Gasteiger partial charge in [0.2, 0.25) is 11.8 Å². The van der Waals surface area contributed by atoms with Crippen molar-refractivity contribution in [1.29, 1.82) is 0 Å². The fraction of sp³-hybridized carbons (Fsp3) is 0.176. The Bertz CT molecular complexity index is 765. The van der Waals surface area contributed by atoms with Crippen molar-refractivity contribution in [1.82, 2.24) is 0 Å². The van der Waals surface area contributed by atoms with Crippen molar-refractivity contribution in [2.24, 2.45) is 0 Å². The van der Waals surface area contributed by atoms with Crippen molar-refractivity contribution in [2.45, 2.75) is 13.3 Å². The highest BCUT2D eigenvalue weighted by Gasteiger charge is 2.17. The second kappa shape index (κ2) is 8.38. The lowest BCUT2D eigenvalue weighted by Gasteiger charge is -2.22. The van der Waals surface area contributed by atoms with E-state index in [-0.39, 0.29) is 29.8 Å². The first-order valence-electron chi connectivity index (χ1n) is 7.16. The third-order valence-corrected chi connectivity index (χ3v) is 4.32. The van der Waals surface area contributed by atoms with Gasteiger partial charge in [-0.15, -0.1) is 0 Å². The van der Waals surface area contributed by atoms with E-state index in [0.717, 1.165) is 0 Å². The van der Waals surface area contributed by atoms with Gasteiger partial charge >= 0.3 is 0 Å². The first-order chi connectivity index (χ1) is 11.4. The highest BCUT2D eigenvalue weighted by Crippen LogP contribution is 2.32. The van der Waals surface area contributed by atoms with E-state index in [9.17, 15) is 9.59 Å². The van der Waals surface area contributed by atoms with E-state index in [1.54, 1.807) is 42.5 Å². The van der Waals surface area contributed by atoms with Gasteiger partial charge in [0.15, 0.2) is 0 Å². The van der Waals surface area contributed by atoms with Crippen molar-refractivity contribution >= 4 is 58.0 Å². The molecule has 0 atom stereocenters. The number of anilines is 2. The summed E-state index contributed by atoms with van der Waals surface area (Å²) >= 11 is 18.0. The molecule has 1 N–H and O–H groups in total. The van der Waals surface area contributed by atoms with Crippen LogP contribution in [0.3, 0.4) is 0 Å². The lowest BCUT2D eigenvalue weighted by molar-refractivity contribution is -0.117. The van der Waals surface area contributed by atoms with Crippen molar-refractivity contribution < 1.29 is 9.59 Å². The number of hydrogen-bond donors (Lipinski definition) is 1. The molecule has 0 fully saturated rings. The lowest BCUT2D eigenvalue weighted by Crippen LogP contribution is -2.32. The molecule has 4 nitrogen and oxygen atoms in total. The molecule has 2 aromatic carbocycles. The summed E-state index contributed by atoms with van der Waals surface area (Å²) < 4.78 is 0. The fourth-order valence-electron chi connectivity index (χ4n) is 2.15. The molecule has 2 amide bonds. The number of carbonyl (C=O) groups excluding carboxylic acids is 2. The van der Waals surface area contributed by atoms with Crippen LogP contribution in [0, 0.1) is 0 Å². The number of rotatable bonds is 5. The van der Waals surface area contributed by atoms with Gasteiger partial charge in [0.05, 0.1) is 15.7 Å². The fourth-order valence-corrected chi connectivity index (χ4v) is 2.74.